The number of rotatable bonds is 2. The van der Waals surface area contributed by atoms with Crippen LogP contribution in [0.25, 0.3) is 0 Å². The number of benzene rings is 1. The van der Waals surface area contributed by atoms with Crippen LogP contribution in [0.5, 0.6) is 0 Å². The summed E-state index contributed by atoms with van der Waals surface area (Å²) in [6.45, 7) is 6.59. The summed E-state index contributed by atoms with van der Waals surface area (Å²) in [4.78, 5) is 13.7. The SMILES string of the molecule is Cc1ccc(CN2CCNC(=O)C2C)cc1. The van der Waals surface area contributed by atoms with Crippen LogP contribution < -0.4 is 5.32 Å². The van der Waals surface area contributed by atoms with Crippen LogP contribution in [-0.4, -0.2) is 29.9 Å². The summed E-state index contributed by atoms with van der Waals surface area (Å²) in [7, 11) is 0. The summed E-state index contributed by atoms with van der Waals surface area (Å²) in [5, 5.41) is 2.88. The lowest BCUT2D eigenvalue weighted by Crippen LogP contribution is -2.53. The first kappa shape index (κ1) is 11.1. The third-order valence-corrected chi connectivity index (χ3v) is 3.13. The fourth-order valence-corrected chi connectivity index (χ4v) is 1.97. The minimum atomic E-state index is -0.0185. The molecule has 1 atom stereocenters. The molecule has 1 amide bonds. The Balaban J connectivity index is 2.03. The molecule has 2 rings (SSSR count). The van der Waals surface area contributed by atoms with Gasteiger partial charge in [-0.1, -0.05) is 29.8 Å². The molecule has 1 heterocycles. The van der Waals surface area contributed by atoms with Crippen LogP contribution in [-0.2, 0) is 11.3 Å². The molecule has 1 fully saturated rings. The summed E-state index contributed by atoms with van der Waals surface area (Å²) in [6, 6.07) is 8.48. The van der Waals surface area contributed by atoms with Crippen molar-refractivity contribution in [1.82, 2.24) is 10.2 Å². The lowest BCUT2D eigenvalue weighted by Gasteiger charge is -2.32. The molecule has 0 radical (unpaired) electrons. The summed E-state index contributed by atoms with van der Waals surface area (Å²) in [5.41, 5.74) is 2.54. The highest BCUT2D eigenvalue weighted by atomic mass is 16.2. The van der Waals surface area contributed by atoms with Gasteiger partial charge in [-0.25, -0.2) is 0 Å². The number of aryl methyl sites for hydroxylation is 1. The molecule has 0 saturated carbocycles. The normalized spacial score (nSPS) is 21.9. The van der Waals surface area contributed by atoms with Crippen molar-refractivity contribution < 1.29 is 4.79 Å². The average Bonchev–Trinajstić information content (AvgIpc) is 2.28. The van der Waals surface area contributed by atoms with Crippen LogP contribution in [0.2, 0.25) is 0 Å². The number of nitrogens with one attached hydrogen (secondary N) is 1. The van der Waals surface area contributed by atoms with Crippen molar-refractivity contribution in [3.05, 3.63) is 35.4 Å². The molecule has 0 bridgehead atoms. The molecule has 0 aliphatic carbocycles. The van der Waals surface area contributed by atoms with Gasteiger partial charge in [0.2, 0.25) is 5.91 Å². The van der Waals surface area contributed by atoms with Gasteiger partial charge in [-0.15, -0.1) is 0 Å². The molecule has 3 nitrogen and oxygen atoms in total. The fraction of sp³-hybridized carbons (Fsp3) is 0.462. The maximum atomic E-state index is 11.5. The van der Waals surface area contributed by atoms with Crippen molar-refractivity contribution in [2.45, 2.75) is 26.4 Å². The predicted octanol–water partition coefficient (Wildman–Crippen LogP) is 1.32. The molecule has 1 N–H and O–H groups in total. The molecule has 1 aromatic carbocycles. The summed E-state index contributed by atoms with van der Waals surface area (Å²) < 4.78 is 0. The number of nitrogens with zero attached hydrogens (tertiary/aromatic N) is 1. The monoisotopic (exact) mass is 218 g/mol. The van der Waals surface area contributed by atoms with Crippen LogP contribution in [0.4, 0.5) is 0 Å². The Morgan fingerprint density at radius 2 is 2.06 bits per heavy atom. The van der Waals surface area contributed by atoms with Crippen molar-refractivity contribution in [1.29, 1.82) is 0 Å². The van der Waals surface area contributed by atoms with E-state index in [2.05, 4.69) is 41.4 Å². The van der Waals surface area contributed by atoms with Crippen molar-refractivity contribution in [2.75, 3.05) is 13.1 Å². The van der Waals surface area contributed by atoms with Crippen molar-refractivity contribution in [3.8, 4) is 0 Å². The largest absolute Gasteiger partial charge is 0.353 e. The van der Waals surface area contributed by atoms with E-state index in [-0.39, 0.29) is 11.9 Å². The summed E-state index contributed by atoms with van der Waals surface area (Å²) >= 11 is 0. The van der Waals surface area contributed by atoms with Gasteiger partial charge in [0, 0.05) is 19.6 Å². The molecule has 0 aromatic heterocycles. The van der Waals surface area contributed by atoms with Gasteiger partial charge in [0.1, 0.15) is 0 Å². The molecular weight excluding hydrogens is 200 g/mol. The van der Waals surface area contributed by atoms with Crippen molar-refractivity contribution in [2.24, 2.45) is 0 Å². The molecule has 1 aliphatic rings. The van der Waals surface area contributed by atoms with Gasteiger partial charge in [-0.3, -0.25) is 9.69 Å². The van der Waals surface area contributed by atoms with E-state index in [1.165, 1.54) is 11.1 Å². The average molecular weight is 218 g/mol. The highest BCUT2D eigenvalue weighted by molar-refractivity contribution is 5.81. The second kappa shape index (κ2) is 4.66. The Kier molecular flexibility index (Phi) is 3.25. The Hall–Kier alpha value is -1.35. The van der Waals surface area contributed by atoms with E-state index < -0.39 is 0 Å². The van der Waals surface area contributed by atoms with E-state index in [0.29, 0.717) is 0 Å². The number of hydrogen-bond acceptors (Lipinski definition) is 2. The van der Waals surface area contributed by atoms with Gasteiger partial charge in [0.15, 0.2) is 0 Å². The summed E-state index contributed by atoms with van der Waals surface area (Å²) in [6.07, 6.45) is 0. The molecule has 16 heavy (non-hydrogen) atoms. The Bertz CT molecular complexity index is 372. The molecule has 86 valence electrons. The molecule has 1 saturated heterocycles. The first-order chi connectivity index (χ1) is 7.66. The maximum absolute atomic E-state index is 11.5. The van der Waals surface area contributed by atoms with Crippen LogP contribution in [0.15, 0.2) is 24.3 Å². The fourth-order valence-electron chi connectivity index (χ4n) is 1.97. The van der Waals surface area contributed by atoms with Gasteiger partial charge < -0.3 is 5.32 Å². The lowest BCUT2D eigenvalue weighted by atomic mass is 10.1. The highest BCUT2D eigenvalue weighted by Crippen LogP contribution is 2.11. The van der Waals surface area contributed by atoms with Crippen LogP contribution >= 0.6 is 0 Å². The van der Waals surface area contributed by atoms with E-state index in [9.17, 15) is 4.79 Å². The van der Waals surface area contributed by atoms with Crippen molar-refractivity contribution >= 4 is 5.91 Å². The first-order valence-corrected chi connectivity index (χ1v) is 5.74. The number of carbonyl (C=O) groups excluding carboxylic acids is 1. The second-order valence-electron chi connectivity index (χ2n) is 4.42. The van der Waals surface area contributed by atoms with E-state index >= 15 is 0 Å². The maximum Gasteiger partial charge on any atom is 0.237 e. The zero-order valence-corrected chi connectivity index (χ0v) is 9.86. The quantitative estimate of drug-likeness (QED) is 0.812. The minimum absolute atomic E-state index is 0.0185. The molecule has 1 unspecified atom stereocenters. The van der Waals surface area contributed by atoms with Gasteiger partial charge >= 0.3 is 0 Å². The van der Waals surface area contributed by atoms with E-state index in [0.717, 1.165) is 19.6 Å². The Morgan fingerprint density at radius 1 is 1.38 bits per heavy atom. The van der Waals surface area contributed by atoms with E-state index in [1.54, 1.807) is 0 Å². The van der Waals surface area contributed by atoms with Crippen LogP contribution in [0.1, 0.15) is 18.1 Å². The standard InChI is InChI=1S/C13H18N2O/c1-10-3-5-12(6-4-10)9-15-8-7-14-13(16)11(15)2/h3-6,11H,7-9H2,1-2H3,(H,14,16). The zero-order chi connectivity index (χ0) is 11.5. The molecule has 0 spiro atoms. The molecule has 1 aromatic rings. The highest BCUT2D eigenvalue weighted by Gasteiger charge is 2.24. The number of piperazine rings is 1. The third-order valence-electron chi connectivity index (χ3n) is 3.13. The zero-order valence-electron chi connectivity index (χ0n) is 9.86. The predicted molar refractivity (Wildman–Crippen MR) is 64.1 cm³/mol. The van der Waals surface area contributed by atoms with Gasteiger partial charge in [0.25, 0.3) is 0 Å². The molecular formula is C13H18N2O. The number of hydrogen-bond donors (Lipinski definition) is 1. The van der Waals surface area contributed by atoms with E-state index in [1.807, 2.05) is 6.92 Å². The smallest absolute Gasteiger partial charge is 0.237 e. The minimum Gasteiger partial charge on any atom is -0.353 e. The van der Waals surface area contributed by atoms with Crippen molar-refractivity contribution in [3.63, 3.8) is 0 Å². The van der Waals surface area contributed by atoms with Crippen LogP contribution in [0, 0.1) is 6.92 Å². The van der Waals surface area contributed by atoms with E-state index in [4.69, 9.17) is 0 Å². The van der Waals surface area contributed by atoms with Gasteiger partial charge in [-0.2, -0.15) is 0 Å². The first-order valence-electron chi connectivity index (χ1n) is 5.74. The number of carbonyl (C=O) groups is 1. The molecule has 1 aliphatic heterocycles. The topological polar surface area (TPSA) is 32.3 Å². The van der Waals surface area contributed by atoms with Gasteiger partial charge in [0.05, 0.1) is 6.04 Å². The molecule has 3 heteroatoms. The number of amides is 1. The second-order valence-corrected chi connectivity index (χ2v) is 4.42. The van der Waals surface area contributed by atoms with Gasteiger partial charge in [-0.05, 0) is 19.4 Å². The Morgan fingerprint density at radius 3 is 2.75 bits per heavy atom. The lowest BCUT2D eigenvalue weighted by molar-refractivity contribution is -0.128. The third kappa shape index (κ3) is 2.42. The Labute approximate surface area is 96.5 Å². The summed E-state index contributed by atoms with van der Waals surface area (Å²) in [5.74, 6) is 0.137. The van der Waals surface area contributed by atoms with Crippen LogP contribution in [0.3, 0.4) is 0 Å².